The van der Waals surface area contributed by atoms with Crippen molar-refractivity contribution in [3.63, 3.8) is 0 Å². The summed E-state index contributed by atoms with van der Waals surface area (Å²) in [5.41, 5.74) is 6.70. The maximum atomic E-state index is 5.96. The summed E-state index contributed by atoms with van der Waals surface area (Å²) in [7, 11) is 1.81. The van der Waals surface area contributed by atoms with E-state index >= 15 is 0 Å². The van der Waals surface area contributed by atoms with Gasteiger partial charge in [0.2, 0.25) is 0 Å². The molecule has 2 rings (SSSR count). The van der Waals surface area contributed by atoms with Crippen LogP contribution in [-0.2, 0) is 16.5 Å². The second kappa shape index (κ2) is 4.04. The van der Waals surface area contributed by atoms with Gasteiger partial charge in [-0.25, -0.2) is 0 Å². The maximum absolute atomic E-state index is 5.96. The predicted molar refractivity (Wildman–Crippen MR) is 48.5 cm³/mol. The van der Waals surface area contributed by atoms with Gasteiger partial charge in [-0.3, -0.25) is 4.68 Å². The lowest BCUT2D eigenvalue weighted by molar-refractivity contribution is -0.0980. The average Bonchev–Trinajstić information content (AvgIpc) is 2.65. The van der Waals surface area contributed by atoms with Crippen LogP contribution in [0.4, 0.5) is 0 Å². The van der Waals surface area contributed by atoms with E-state index in [0.717, 1.165) is 5.69 Å². The summed E-state index contributed by atoms with van der Waals surface area (Å²) < 4.78 is 12.4. The van der Waals surface area contributed by atoms with Crippen LogP contribution in [0.2, 0.25) is 0 Å². The van der Waals surface area contributed by atoms with Crippen molar-refractivity contribution in [1.82, 2.24) is 15.0 Å². The summed E-state index contributed by atoms with van der Waals surface area (Å²) in [4.78, 5) is 0. The Balaban J connectivity index is 2.03. The van der Waals surface area contributed by atoms with Crippen molar-refractivity contribution in [3.8, 4) is 0 Å². The minimum atomic E-state index is -0.260. The number of hydrogen-bond donors (Lipinski definition) is 1. The van der Waals surface area contributed by atoms with Crippen LogP contribution in [-0.4, -0.2) is 40.9 Å². The van der Waals surface area contributed by atoms with Gasteiger partial charge in [-0.2, -0.15) is 0 Å². The molecule has 2 unspecified atom stereocenters. The zero-order valence-electron chi connectivity index (χ0n) is 8.09. The summed E-state index contributed by atoms with van der Waals surface area (Å²) in [6.07, 6.45) is 1.68. The van der Waals surface area contributed by atoms with Crippen LogP contribution in [0.15, 0.2) is 6.20 Å². The van der Waals surface area contributed by atoms with Crippen LogP contribution in [0.25, 0.3) is 0 Å². The third-order valence-corrected chi connectivity index (χ3v) is 2.20. The van der Waals surface area contributed by atoms with Crippen molar-refractivity contribution in [2.24, 2.45) is 12.8 Å². The SMILES string of the molecule is Cn1cc(C(N)C2COCCO2)nn1. The normalized spacial score (nSPS) is 24.9. The van der Waals surface area contributed by atoms with E-state index in [2.05, 4.69) is 10.3 Å². The third-order valence-electron chi connectivity index (χ3n) is 2.20. The molecule has 0 spiro atoms. The molecule has 2 heterocycles. The fraction of sp³-hybridized carbons (Fsp3) is 0.750. The lowest BCUT2D eigenvalue weighted by Crippen LogP contribution is -2.38. The Morgan fingerprint density at radius 3 is 3.07 bits per heavy atom. The first-order valence-corrected chi connectivity index (χ1v) is 4.58. The van der Waals surface area contributed by atoms with Gasteiger partial charge in [0.25, 0.3) is 0 Å². The second-order valence-electron chi connectivity index (χ2n) is 3.33. The second-order valence-corrected chi connectivity index (χ2v) is 3.33. The number of ether oxygens (including phenoxy) is 2. The zero-order chi connectivity index (χ0) is 9.97. The summed E-state index contributed by atoms with van der Waals surface area (Å²) in [5, 5.41) is 7.77. The maximum Gasteiger partial charge on any atom is 0.102 e. The van der Waals surface area contributed by atoms with E-state index in [1.165, 1.54) is 0 Å². The largest absolute Gasteiger partial charge is 0.376 e. The number of aryl methyl sites for hydroxylation is 1. The number of aromatic nitrogens is 3. The molecule has 0 bridgehead atoms. The van der Waals surface area contributed by atoms with Gasteiger partial charge in [0, 0.05) is 13.2 Å². The van der Waals surface area contributed by atoms with Gasteiger partial charge < -0.3 is 15.2 Å². The molecule has 1 aromatic rings. The summed E-state index contributed by atoms with van der Waals surface area (Å²) in [6, 6.07) is -0.260. The lowest BCUT2D eigenvalue weighted by atomic mass is 10.1. The van der Waals surface area contributed by atoms with E-state index in [-0.39, 0.29) is 12.1 Å². The van der Waals surface area contributed by atoms with Crippen molar-refractivity contribution in [2.45, 2.75) is 12.1 Å². The highest BCUT2D eigenvalue weighted by atomic mass is 16.6. The molecule has 1 fully saturated rings. The van der Waals surface area contributed by atoms with E-state index in [0.29, 0.717) is 19.8 Å². The Kier molecular flexibility index (Phi) is 2.76. The van der Waals surface area contributed by atoms with Crippen LogP contribution >= 0.6 is 0 Å². The third kappa shape index (κ3) is 1.92. The molecule has 1 saturated heterocycles. The van der Waals surface area contributed by atoms with Crippen molar-refractivity contribution in [2.75, 3.05) is 19.8 Å². The fourth-order valence-corrected chi connectivity index (χ4v) is 1.42. The van der Waals surface area contributed by atoms with Gasteiger partial charge >= 0.3 is 0 Å². The van der Waals surface area contributed by atoms with Crippen LogP contribution < -0.4 is 5.73 Å². The molecule has 1 aliphatic heterocycles. The van der Waals surface area contributed by atoms with Crippen LogP contribution in [0.3, 0.4) is 0 Å². The fourth-order valence-electron chi connectivity index (χ4n) is 1.42. The molecule has 2 atom stereocenters. The zero-order valence-corrected chi connectivity index (χ0v) is 8.09. The minimum Gasteiger partial charge on any atom is -0.376 e. The smallest absolute Gasteiger partial charge is 0.102 e. The molecular formula is C8H14N4O2. The Bertz CT molecular complexity index is 295. The van der Waals surface area contributed by atoms with E-state index in [4.69, 9.17) is 15.2 Å². The van der Waals surface area contributed by atoms with Crippen molar-refractivity contribution in [1.29, 1.82) is 0 Å². The molecule has 0 aliphatic carbocycles. The quantitative estimate of drug-likeness (QED) is 0.675. The Labute approximate surface area is 82.0 Å². The van der Waals surface area contributed by atoms with E-state index in [1.807, 2.05) is 0 Å². The number of nitrogens with zero attached hydrogens (tertiary/aromatic N) is 3. The average molecular weight is 198 g/mol. The molecule has 78 valence electrons. The molecule has 0 aromatic carbocycles. The summed E-state index contributed by atoms with van der Waals surface area (Å²) >= 11 is 0. The highest BCUT2D eigenvalue weighted by Crippen LogP contribution is 2.16. The molecule has 2 N–H and O–H groups in total. The van der Waals surface area contributed by atoms with Gasteiger partial charge in [-0.15, -0.1) is 5.10 Å². The number of nitrogens with two attached hydrogens (primary N) is 1. The first-order chi connectivity index (χ1) is 6.77. The molecule has 1 aliphatic rings. The van der Waals surface area contributed by atoms with Gasteiger partial charge in [-0.05, 0) is 0 Å². The van der Waals surface area contributed by atoms with Gasteiger partial charge in [0.15, 0.2) is 0 Å². The highest BCUT2D eigenvalue weighted by molar-refractivity contribution is 5.02. The topological polar surface area (TPSA) is 75.2 Å². The van der Waals surface area contributed by atoms with Crippen molar-refractivity contribution in [3.05, 3.63) is 11.9 Å². The molecule has 0 radical (unpaired) electrons. The monoisotopic (exact) mass is 198 g/mol. The van der Waals surface area contributed by atoms with Crippen LogP contribution in [0, 0.1) is 0 Å². The standard InChI is InChI=1S/C8H14N4O2/c1-12-4-6(10-11-12)8(9)7-5-13-2-3-14-7/h4,7-8H,2-3,5,9H2,1H3. The van der Waals surface area contributed by atoms with Gasteiger partial charge in [-0.1, -0.05) is 5.21 Å². The molecule has 6 heteroatoms. The molecule has 0 amide bonds. The molecular weight excluding hydrogens is 184 g/mol. The minimum absolute atomic E-state index is 0.111. The Morgan fingerprint density at radius 2 is 2.50 bits per heavy atom. The van der Waals surface area contributed by atoms with Gasteiger partial charge in [0.1, 0.15) is 11.8 Å². The van der Waals surface area contributed by atoms with Crippen molar-refractivity contribution < 1.29 is 9.47 Å². The van der Waals surface area contributed by atoms with Gasteiger partial charge in [0.05, 0.1) is 25.9 Å². The highest BCUT2D eigenvalue weighted by Gasteiger charge is 2.25. The number of hydrogen-bond acceptors (Lipinski definition) is 5. The summed E-state index contributed by atoms with van der Waals surface area (Å²) in [5.74, 6) is 0. The first-order valence-electron chi connectivity index (χ1n) is 4.58. The molecule has 1 aromatic heterocycles. The predicted octanol–water partition coefficient (Wildman–Crippen LogP) is -0.770. The lowest BCUT2D eigenvalue weighted by Gasteiger charge is -2.26. The Hall–Kier alpha value is -0.980. The van der Waals surface area contributed by atoms with Crippen LogP contribution in [0.5, 0.6) is 0 Å². The Morgan fingerprint density at radius 1 is 1.64 bits per heavy atom. The molecule has 14 heavy (non-hydrogen) atoms. The van der Waals surface area contributed by atoms with E-state index in [9.17, 15) is 0 Å². The number of rotatable bonds is 2. The molecule has 6 nitrogen and oxygen atoms in total. The van der Waals surface area contributed by atoms with Crippen LogP contribution in [0.1, 0.15) is 11.7 Å². The van der Waals surface area contributed by atoms with E-state index in [1.54, 1.807) is 17.9 Å². The van der Waals surface area contributed by atoms with E-state index < -0.39 is 0 Å². The first kappa shape index (κ1) is 9.57. The molecule has 0 saturated carbocycles. The van der Waals surface area contributed by atoms with Crippen molar-refractivity contribution >= 4 is 0 Å². The summed E-state index contributed by atoms with van der Waals surface area (Å²) in [6.45, 7) is 1.76.